The van der Waals surface area contributed by atoms with E-state index >= 15 is 0 Å². The molecule has 3 nitrogen and oxygen atoms in total. The number of aryl methyl sites for hydroxylation is 1. The third-order valence-electron chi connectivity index (χ3n) is 7.60. The van der Waals surface area contributed by atoms with Gasteiger partial charge in [0.2, 0.25) is 0 Å². The van der Waals surface area contributed by atoms with Gasteiger partial charge in [-0.15, -0.1) is 53.6 Å². The Labute approximate surface area is 287 Å². The molecule has 0 fully saturated rings. The summed E-state index contributed by atoms with van der Waals surface area (Å²) in [6.07, 6.45) is 3.17. The summed E-state index contributed by atoms with van der Waals surface area (Å²) in [7, 11) is -1.61. The zero-order chi connectivity index (χ0) is 35.2. The Hall–Kier alpha value is -3.44. The molecule has 6 rings (SSSR count). The van der Waals surface area contributed by atoms with Crippen LogP contribution in [-0.2, 0) is 25.5 Å². The zero-order valence-electron chi connectivity index (χ0n) is 31.0. The van der Waals surface area contributed by atoms with Crippen molar-refractivity contribution in [2.75, 3.05) is 0 Å². The number of benzene rings is 3. The minimum atomic E-state index is -2.13. The van der Waals surface area contributed by atoms with E-state index in [1.54, 1.807) is 18.2 Å². The Morgan fingerprint density at radius 1 is 0.933 bits per heavy atom. The predicted octanol–water partition coefficient (Wildman–Crippen LogP) is 10.4. The Morgan fingerprint density at radius 2 is 1.67 bits per heavy atom. The van der Waals surface area contributed by atoms with Crippen LogP contribution < -0.4 is 5.19 Å². The van der Waals surface area contributed by atoms with Gasteiger partial charge in [0.15, 0.2) is 0 Å². The molecule has 45 heavy (non-hydrogen) atoms. The van der Waals surface area contributed by atoms with Gasteiger partial charge in [0.05, 0.1) is 19.9 Å². The number of fused-ring (bicyclic) bond motifs is 3. The zero-order valence-corrected chi connectivity index (χ0v) is 30.4. The molecule has 3 aromatic carbocycles. The van der Waals surface area contributed by atoms with Gasteiger partial charge in [0.1, 0.15) is 11.4 Å². The number of hydrogen-bond donors (Lipinski definition) is 0. The number of para-hydroxylation sites is 1. The molecule has 0 bridgehead atoms. The Bertz CT molecular complexity index is 2090. The van der Waals surface area contributed by atoms with E-state index in [-0.39, 0.29) is 36.9 Å². The maximum absolute atomic E-state index is 14.2. The maximum Gasteiger partial charge on any atom is 0.143 e. The van der Waals surface area contributed by atoms with Gasteiger partial charge in [0.25, 0.3) is 0 Å². The number of pyridine rings is 2. The van der Waals surface area contributed by atoms with Crippen LogP contribution in [0.1, 0.15) is 62.7 Å². The topological polar surface area (TPSA) is 38.9 Å². The second kappa shape index (κ2) is 13.5. The summed E-state index contributed by atoms with van der Waals surface area (Å²) in [6, 6.07) is 26.6. The quantitative estimate of drug-likeness (QED) is 0.132. The van der Waals surface area contributed by atoms with Crippen molar-refractivity contribution >= 4 is 35.2 Å². The number of furan rings is 1. The summed E-state index contributed by atoms with van der Waals surface area (Å²) >= 11 is 0. The smallest absolute Gasteiger partial charge is 0.143 e. The van der Waals surface area contributed by atoms with E-state index in [0.717, 1.165) is 44.3 Å². The van der Waals surface area contributed by atoms with Crippen LogP contribution >= 0.6 is 0 Å². The van der Waals surface area contributed by atoms with Crippen LogP contribution in [0, 0.1) is 24.8 Å². The molecule has 0 unspecified atom stereocenters. The third-order valence-corrected chi connectivity index (χ3v) is 9.61. The molecule has 0 aliphatic heterocycles. The van der Waals surface area contributed by atoms with E-state index in [1.165, 1.54) is 17.4 Å². The first kappa shape index (κ1) is 29.0. The average molecular weight is 797 g/mol. The van der Waals surface area contributed by atoms with E-state index in [1.807, 2.05) is 83.3 Å². The van der Waals surface area contributed by atoms with Gasteiger partial charge in [-0.3, -0.25) is 0 Å². The molecular formula is C39H41FIrN2OSi-2. The first-order chi connectivity index (χ1) is 22.2. The van der Waals surface area contributed by atoms with Crippen molar-refractivity contribution in [3.05, 3.63) is 114 Å². The summed E-state index contributed by atoms with van der Waals surface area (Å²) in [6.45, 7) is 14.3. The Kier molecular flexibility index (Phi) is 8.70. The number of rotatable bonds is 4. The van der Waals surface area contributed by atoms with Gasteiger partial charge in [-0.1, -0.05) is 108 Å². The predicted molar refractivity (Wildman–Crippen MR) is 185 cm³/mol. The number of hydrogen-bond acceptors (Lipinski definition) is 3. The van der Waals surface area contributed by atoms with Crippen LogP contribution in [0.2, 0.25) is 19.6 Å². The number of nitrogens with zero attached hydrogens (tertiary/aromatic N) is 2. The Balaban J connectivity index is 0.000000216. The van der Waals surface area contributed by atoms with Crippen molar-refractivity contribution in [1.29, 1.82) is 0 Å². The second-order valence-corrected chi connectivity index (χ2v) is 18.4. The van der Waals surface area contributed by atoms with E-state index < -0.39 is 20.8 Å². The van der Waals surface area contributed by atoms with E-state index in [4.69, 9.17) is 9.90 Å². The van der Waals surface area contributed by atoms with E-state index in [2.05, 4.69) is 41.7 Å². The molecule has 0 amide bonds. The SMILES string of the molecule is CC(C)(C)c1cc(-c2[c-]ccc3c2oc2ccccc23)ncc1F.[2H]C([2H])([2H])c1c[c-]c(-c2cc(C([2H])(C)C)c([Si](C)(C)C)cn2)cc1.[Ir]. The molecule has 6 heteroatoms. The number of halogens is 1. The standard InChI is InChI=1S/C21H17FNO.C18H24NSi.Ir/c1-21(2,3)16-11-18(23-12-17(16)22)15-9-6-8-14-13-7-4-5-10-19(13)24-20(14)15;1-13(2)16-11-17(15-9-7-14(3)8-10-15)19-12-18(16)20(4,5)6;/h4-8,10-12H,1-3H3;7-9,11-13H,1-6H3;/q2*-1;/i;3D3,13D;. The molecule has 0 spiro atoms. The fourth-order valence-electron chi connectivity index (χ4n) is 5.23. The van der Waals surface area contributed by atoms with Gasteiger partial charge < -0.3 is 14.4 Å². The normalized spacial score (nSPS) is 13.6. The molecule has 1 radical (unpaired) electrons. The summed E-state index contributed by atoms with van der Waals surface area (Å²) in [5.74, 6) is -1.01. The summed E-state index contributed by atoms with van der Waals surface area (Å²) < 4.78 is 51.0. The largest absolute Gasteiger partial charge is 0.501 e. The van der Waals surface area contributed by atoms with E-state index in [0.29, 0.717) is 11.3 Å². The molecule has 3 heterocycles. The van der Waals surface area contributed by atoms with Gasteiger partial charge in [0, 0.05) is 37.2 Å². The molecule has 0 aliphatic rings. The van der Waals surface area contributed by atoms with Crippen LogP contribution in [-0.4, -0.2) is 18.0 Å². The molecule has 0 saturated heterocycles. The van der Waals surface area contributed by atoms with Crippen molar-refractivity contribution in [2.45, 2.75) is 72.4 Å². The van der Waals surface area contributed by atoms with Crippen LogP contribution in [0.25, 0.3) is 44.5 Å². The fourth-order valence-corrected chi connectivity index (χ4v) is 6.81. The maximum atomic E-state index is 14.2. The first-order valence-corrected chi connectivity index (χ1v) is 18.3. The molecule has 0 atom stereocenters. The van der Waals surface area contributed by atoms with E-state index in [9.17, 15) is 4.39 Å². The minimum Gasteiger partial charge on any atom is -0.501 e. The second-order valence-electron chi connectivity index (χ2n) is 13.3. The first-order valence-electron chi connectivity index (χ1n) is 16.8. The Morgan fingerprint density at radius 3 is 2.31 bits per heavy atom. The molecular weight excluding hydrogens is 752 g/mol. The summed E-state index contributed by atoms with van der Waals surface area (Å²) in [5.41, 5.74) is 6.05. The van der Waals surface area contributed by atoms with Crippen molar-refractivity contribution in [2.24, 2.45) is 0 Å². The van der Waals surface area contributed by atoms with Crippen LogP contribution in [0.5, 0.6) is 0 Å². The van der Waals surface area contributed by atoms with Crippen LogP contribution in [0.4, 0.5) is 4.39 Å². The average Bonchev–Trinajstić information content (AvgIpc) is 3.39. The third kappa shape index (κ3) is 7.52. The molecule has 3 aromatic heterocycles. The van der Waals surface area contributed by atoms with Gasteiger partial charge in [-0.25, -0.2) is 4.39 Å². The molecule has 6 aromatic rings. The molecule has 0 N–H and O–H groups in total. The molecule has 0 aliphatic carbocycles. The monoisotopic (exact) mass is 797 g/mol. The van der Waals surface area contributed by atoms with Crippen molar-refractivity contribution in [3.63, 3.8) is 0 Å². The van der Waals surface area contributed by atoms with Gasteiger partial charge in [-0.05, 0) is 39.5 Å². The van der Waals surface area contributed by atoms with Crippen LogP contribution in [0.15, 0.2) is 83.5 Å². The number of aromatic nitrogens is 2. The van der Waals surface area contributed by atoms with Crippen molar-refractivity contribution in [1.82, 2.24) is 9.97 Å². The van der Waals surface area contributed by atoms with Crippen molar-refractivity contribution in [3.8, 4) is 22.5 Å². The molecule has 0 saturated carbocycles. The van der Waals surface area contributed by atoms with Gasteiger partial charge in [-0.2, -0.15) is 0 Å². The van der Waals surface area contributed by atoms with Gasteiger partial charge >= 0.3 is 0 Å². The summed E-state index contributed by atoms with van der Waals surface area (Å²) in [5, 5.41) is 3.26. The molecule has 235 valence electrons. The van der Waals surface area contributed by atoms with Crippen LogP contribution in [0.3, 0.4) is 0 Å². The van der Waals surface area contributed by atoms with Crippen molar-refractivity contribution < 1.29 is 34.4 Å². The fraction of sp³-hybridized carbons (Fsp3) is 0.282. The minimum absolute atomic E-state index is 0. The summed E-state index contributed by atoms with van der Waals surface area (Å²) in [4.78, 5) is 8.84.